The molecule has 1 aromatic carbocycles. The van der Waals surface area contributed by atoms with E-state index in [4.69, 9.17) is 5.73 Å². The van der Waals surface area contributed by atoms with Gasteiger partial charge in [-0.15, -0.1) is 11.3 Å². The van der Waals surface area contributed by atoms with E-state index in [0.717, 1.165) is 0 Å². The van der Waals surface area contributed by atoms with E-state index >= 15 is 0 Å². The van der Waals surface area contributed by atoms with Crippen LogP contribution in [0.1, 0.15) is 16.6 Å². The molecule has 0 aliphatic rings. The second-order valence-electron chi connectivity index (χ2n) is 3.78. The van der Waals surface area contributed by atoms with Crippen LogP contribution in [-0.4, -0.2) is 24.4 Å². The molecule has 2 rings (SSSR count). The minimum absolute atomic E-state index is 0.161. The molecule has 2 aromatic rings. The van der Waals surface area contributed by atoms with Crippen LogP contribution in [0.5, 0.6) is 0 Å². The Morgan fingerprint density at radius 2 is 2.24 bits per heavy atom. The summed E-state index contributed by atoms with van der Waals surface area (Å²) in [5.41, 5.74) is 6.10. The van der Waals surface area contributed by atoms with Crippen LogP contribution in [-0.2, 0) is 0 Å². The quantitative estimate of drug-likeness (QED) is 0.893. The first kappa shape index (κ1) is 11.9. The highest BCUT2D eigenvalue weighted by Crippen LogP contribution is 2.35. The maximum atomic E-state index is 13.6. The Balaban J connectivity index is 2.61. The Kier molecular flexibility index (Phi) is 3.02. The van der Waals surface area contributed by atoms with Crippen molar-refractivity contribution >= 4 is 33.0 Å². The van der Waals surface area contributed by atoms with Crippen molar-refractivity contribution in [3.63, 3.8) is 0 Å². The number of anilines is 1. The zero-order valence-corrected chi connectivity index (χ0v) is 10.5. The van der Waals surface area contributed by atoms with E-state index in [-0.39, 0.29) is 17.4 Å². The molecule has 0 aliphatic heterocycles. The van der Waals surface area contributed by atoms with Gasteiger partial charge in [-0.1, -0.05) is 6.07 Å². The third-order valence-corrected chi connectivity index (χ3v) is 3.88. The number of carbonyl (C=O) groups is 1. The molecule has 0 saturated heterocycles. The number of thiophene rings is 1. The molecule has 3 nitrogen and oxygen atoms in total. The molecule has 0 fully saturated rings. The van der Waals surface area contributed by atoms with Gasteiger partial charge in [0.15, 0.2) is 0 Å². The zero-order chi connectivity index (χ0) is 12.6. The van der Waals surface area contributed by atoms with Crippen LogP contribution in [0.25, 0.3) is 10.1 Å². The number of halogens is 1. The van der Waals surface area contributed by atoms with Gasteiger partial charge in [0.25, 0.3) is 5.91 Å². The van der Waals surface area contributed by atoms with Crippen molar-refractivity contribution in [2.45, 2.75) is 6.92 Å². The molecule has 0 spiro atoms. The normalized spacial score (nSPS) is 10.8. The van der Waals surface area contributed by atoms with Gasteiger partial charge in [0, 0.05) is 18.3 Å². The van der Waals surface area contributed by atoms with Crippen molar-refractivity contribution in [2.75, 3.05) is 19.3 Å². The lowest BCUT2D eigenvalue weighted by molar-refractivity contribution is 0.0808. The largest absolute Gasteiger partial charge is 0.397 e. The van der Waals surface area contributed by atoms with Crippen LogP contribution < -0.4 is 5.73 Å². The maximum Gasteiger partial charge on any atom is 0.265 e. The number of nitrogen functional groups attached to an aromatic ring is 1. The number of hydrogen-bond donors (Lipinski definition) is 1. The topological polar surface area (TPSA) is 46.3 Å². The average Bonchev–Trinajstić information content (AvgIpc) is 2.66. The molecule has 5 heteroatoms. The van der Waals surface area contributed by atoms with Crippen LogP contribution in [0.15, 0.2) is 18.2 Å². The Morgan fingerprint density at radius 1 is 1.53 bits per heavy atom. The van der Waals surface area contributed by atoms with Crippen molar-refractivity contribution in [3.05, 3.63) is 28.9 Å². The summed E-state index contributed by atoms with van der Waals surface area (Å²) in [5.74, 6) is -0.542. The van der Waals surface area contributed by atoms with Gasteiger partial charge in [-0.2, -0.15) is 0 Å². The molecule has 2 N–H and O–H groups in total. The summed E-state index contributed by atoms with van der Waals surface area (Å²) in [5, 5.41) is 0.352. The lowest BCUT2D eigenvalue weighted by Gasteiger charge is -2.13. The van der Waals surface area contributed by atoms with Crippen molar-refractivity contribution in [1.82, 2.24) is 4.90 Å². The second-order valence-corrected chi connectivity index (χ2v) is 4.83. The number of carbonyl (C=O) groups excluding carboxylic acids is 1. The third kappa shape index (κ3) is 1.86. The predicted octanol–water partition coefficient (Wildman–Crippen LogP) is 2.71. The molecule has 0 bridgehead atoms. The minimum atomic E-state index is -0.380. The van der Waals surface area contributed by atoms with Crippen molar-refractivity contribution in [1.29, 1.82) is 0 Å². The number of benzene rings is 1. The summed E-state index contributed by atoms with van der Waals surface area (Å²) in [6.07, 6.45) is 0. The Bertz CT molecular complexity index is 579. The molecule has 17 heavy (non-hydrogen) atoms. The fraction of sp³-hybridized carbons (Fsp3) is 0.250. The Hall–Kier alpha value is -1.62. The van der Waals surface area contributed by atoms with Crippen molar-refractivity contribution in [3.8, 4) is 0 Å². The molecule has 0 atom stereocenters. The Morgan fingerprint density at radius 3 is 2.82 bits per heavy atom. The number of nitrogens with zero attached hydrogens (tertiary/aromatic N) is 1. The average molecular weight is 252 g/mol. The smallest absolute Gasteiger partial charge is 0.265 e. The second kappa shape index (κ2) is 4.33. The molecular formula is C12H13FN2OS. The van der Waals surface area contributed by atoms with Crippen LogP contribution >= 0.6 is 11.3 Å². The number of hydrogen-bond acceptors (Lipinski definition) is 3. The molecule has 90 valence electrons. The van der Waals surface area contributed by atoms with Gasteiger partial charge >= 0.3 is 0 Å². The van der Waals surface area contributed by atoms with E-state index in [0.29, 0.717) is 21.5 Å². The first-order valence-electron chi connectivity index (χ1n) is 5.28. The molecule has 0 aliphatic carbocycles. The lowest BCUT2D eigenvalue weighted by atomic mass is 10.2. The monoisotopic (exact) mass is 252 g/mol. The number of rotatable bonds is 2. The maximum absolute atomic E-state index is 13.6. The van der Waals surface area contributed by atoms with Crippen LogP contribution in [0.3, 0.4) is 0 Å². The summed E-state index contributed by atoms with van der Waals surface area (Å²) < 4.78 is 14.3. The van der Waals surface area contributed by atoms with Gasteiger partial charge in [-0.3, -0.25) is 4.79 Å². The number of amides is 1. The highest BCUT2D eigenvalue weighted by molar-refractivity contribution is 7.21. The van der Waals surface area contributed by atoms with Gasteiger partial charge in [-0.25, -0.2) is 4.39 Å². The van der Waals surface area contributed by atoms with Crippen molar-refractivity contribution in [2.24, 2.45) is 0 Å². The Labute approximate surface area is 103 Å². The van der Waals surface area contributed by atoms with E-state index in [1.807, 2.05) is 6.92 Å². The SMILES string of the molecule is CCN(C)C(=O)c1sc2cccc(F)c2c1N. The fourth-order valence-electron chi connectivity index (χ4n) is 1.61. The number of nitrogens with two attached hydrogens (primary N) is 1. The zero-order valence-electron chi connectivity index (χ0n) is 9.66. The first-order valence-corrected chi connectivity index (χ1v) is 6.09. The summed E-state index contributed by atoms with van der Waals surface area (Å²) in [7, 11) is 1.70. The standard InChI is InChI=1S/C12H13FN2OS/c1-3-15(2)12(16)11-10(14)9-7(13)5-4-6-8(9)17-11/h4-6H,3,14H2,1-2H3. The highest BCUT2D eigenvalue weighted by Gasteiger charge is 2.20. The van der Waals surface area contributed by atoms with Gasteiger partial charge in [-0.05, 0) is 19.1 Å². The lowest BCUT2D eigenvalue weighted by Crippen LogP contribution is -2.26. The third-order valence-electron chi connectivity index (χ3n) is 2.72. The van der Waals surface area contributed by atoms with Crippen molar-refractivity contribution < 1.29 is 9.18 Å². The van der Waals surface area contributed by atoms with Gasteiger partial charge in [0.05, 0.1) is 11.1 Å². The molecule has 0 saturated carbocycles. The van der Waals surface area contributed by atoms with Crippen LogP contribution in [0.4, 0.5) is 10.1 Å². The molecule has 1 amide bonds. The molecule has 1 aromatic heterocycles. The van der Waals surface area contributed by atoms with Crippen LogP contribution in [0.2, 0.25) is 0 Å². The fourth-order valence-corrected chi connectivity index (χ4v) is 2.74. The van der Waals surface area contributed by atoms with Gasteiger partial charge < -0.3 is 10.6 Å². The van der Waals surface area contributed by atoms with Gasteiger partial charge in [0.1, 0.15) is 10.7 Å². The summed E-state index contributed by atoms with van der Waals surface area (Å²) >= 11 is 1.23. The summed E-state index contributed by atoms with van der Waals surface area (Å²) in [6, 6.07) is 4.73. The van der Waals surface area contributed by atoms with Crippen LogP contribution in [0, 0.1) is 5.82 Å². The number of fused-ring (bicyclic) bond motifs is 1. The van der Waals surface area contributed by atoms with E-state index in [9.17, 15) is 9.18 Å². The summed E-state index contributed by atoms with van der Waals surface area (Å²) in [6.45, 7) is 2.47. The molecule has 0 radical (unpaired) electrons. The van der Waals surface area contributed by atoms with E-state index in [1.54, 1.807) is 24.1 Å². The minimum Gasteiger partial charge on any atom is -0.397 e. The van der Waals surface area contributed by atoms with E-state index in [2.05, 4.69) is 0 Å². The highest BCUT2D eigenvalue weighted by atomic mass is 32.1. The molecule has 1 heterocycles. The summed E-state index contributed by atoms with van der Waals surface area (Å²) in [4.78, 5) is 14.0. The predicted molar refractivity (Wildman–Crippen MR) is 68.8 cm³/mol. The molecular weight excluding hydrogens is 239 g/mol. The van der Waals surface area contributed by atoms with E-state index < -0.39 is 0 Å². The van der Waals surface area contributed by atoms with Gasteiger partial charge in [0.2, 0.25) is 0 Å². The van der Waals surface area contributed by atoms with E-state index in [1.165, 1.54) is 17.4 Å². The molecule has 0 unspecified atom stereocenters. The first-order chi connectivity index (χ1) is 8.06.